The van der Waals surface area contributed by atoms with Gasteiger partial charge in [0.15, 0.2) is 0 Å². The minimum Gasteiger partial charge on any atom is -0.412 e. The van der Waals surface area contributed by atoms with Gasteiger partial charge in [-0.3, -0.25) is 0 Å². The molecule has 3 heteroatoms. The number of unbranched alkanes of at least 4 members (excludes halogenated alkanes) is 3. The minimum absolute atomic E-state index is 0. The van der Waals surface area contributed by atoms with Crippen molar-refractivity contribution in [3.05, 3.63) is 0 Å². The lowest BCUT2D eigenvalue weighted by molar-refractivity contribution is 0.283. The van der Waals surface area contributed by atoms with Gasteiger partial charge in [0, 0.05) is 6.61 Å². The molecule has 9 heavy (non-hydrogen) atoms. The molecule has 58 valence electrons. The van der Waals surface area contributed by atoms with Crippen LogP contribution < -0.4 is 0 Å². The second-order valence-corrected chi connectivity index (χ2v) is 2.31. The zero-order valence-electron chi connectivity index (χ0n) is 5.64. The Kier molecular flexibility index (Phi) is 14.8. The molecule has 0 heterocycles. The van der Waals surface area contributed by atoms with Crippen LogP contribution in [0.5, 0.6) is 0 Å². The molecule has 0 rings (SSSR count). The highest BCUT2D eigenvalue weighted by molar-refractivity contribution is 7.80. The average Bonchev–Trinajstić information content (AvgIpc) is 1.81. The van der Waals surface area contributed by atoms with Crippen LogP contribution >= 0.6 is 12.6 Å². The molecule has 0 aromatic carbocycles. The van der Waals surface area contributed by atoms with E-state index in [2.05, 4.69) is 12.6 Å². The molecule has 0 aliphatic rings. The van der Waals surface area contributed by atoms with Crippen molar-refractivity contribution in [2.45, 2.75) is 25.7 Å². The number of rotatable bonds is 5. The van der Waals surface area contributed by atoms with Crippen LogP contribution in [0.3, 0.4) is 0 Å². The quantitative estimate of drug-likeness (QED) is 0.441. The van der Waals surface area contributed by atoms with E-state index in [0.717, 1.165) is 18.6 Å². The fourth-order valence-corrected chi connectivity index (χ4v) is 0.801. The summed E-state index contributed by atoms with van der Waals surface area (Å²) in [7, 11) is 0. The fraction of sp³-hybridized carbons (Fsp3) is 1.00. The SMILES string of the molecule is O.OCCCCCCS. The van der Waals surface area contributed by atoms with Crippen molar-refractivity contribution in [3.8, 4) is 0 Å². The molecule has 0 atom stereocenters. The maximum absolute atomic E-state index is 8.35. The summed E-state index contributed by atoms with van der Waals surface area (Å²) in [5.74, 6) is 0.978. The van der Waals surface area contributed by atoms with E-state index in [4.69, 9.17) is 5.11 Å². The molecule has 0 aromatic heterocycles. The lowest BCUT2D eigenvalue weighted by Gasteiger charge is -1.93. The summed E-state index contributed by atoms with van der Waals surface area (Å²) in [5.41, 5.74) is 0. The summed E-state index contributed by atoms with van der Waals surface area (Å²) in [5, 5.41) is 8.35. The second kappa shape index (κ2) is 11.1. The van der Waals surface area contributed by atoms with Gasteiger partial charge in [-0.25, -0.2) is 0 Å². The monoisotopic (exact) mass is 152 g/mol. The lowest BCUT2D eigenvalue weighted by Crippen LogP contribution is -1.83. The summed E-state index contributed by atoms with van der Waals surface area (Å²) in [4.78, 5) is 0. The maximum atomic E-state index is 8.35. The van der Waals surface area contributed by atoms with Crippen LogP contribution in [-0.4, -0.2) is 22.9 Å². The molecule has 0 aliphatic carbocycles. The van der Waals surface area contributed by atoms with Crippen molar-refractivity contribution < 1.29 is 10.6 Å². The molecular weight excluding hydrogens is 136 g/mol. The average molecular weight is 152 g/mol. The summed E-state index contributed by atoms with van der Waals surface area (Å²) in [6.45, 7) is 0.340. The van der Waals surface area contributed by atoms with Crippen LogP contribution in [0.25, 0.3) is 0 Å². The number of hydrogen-bond acceptors (Lipinski definition) is 2. The van der Waals surface area contributed by atoms with E-state index < -0.39 is 0 Å². The summed E-state index contributed by atoms with van der Waals surface area (Å²) in [6, 6.07) is 0. The zero-order valence-corrected chi connectivity index (χ0v) is 6.53. The molecule has 0 radical (unpaired) electrons. The molecule has 0 unspecified atom stereocenters. The normalized spacial score (nSPS) is 8.67. The van der Waals surface area contributed by atoms with E-state index in [0.29, 0.717) is 6.61 Å². The number of aliphatic hydroxyl groups is 1. The van der Waals surface area contributed by atoms with E-state index in [-0.39, 0.29) is 5.48 Å². The first-order chi connectivity index (χ1) is 3.91. The van der Waals surface area contributed by atoms with Crippen LogP contribution in [0.1, 0.15) is 25.7 Å². The third-order valence-corrected chi connectivity index (χ3v) is 1.38. The summed E-state index contributed by atoms with van der Waals surface area (Å²) in [6.07, 6.45) is 4.50. The molecule has 0 aliphatic heterocycles. The highest BCUT2D eigenvalue weighted by Gasteiger charge is 1.84. The van der Waals surface area contributed by atoms with Gasteiger partial charge < -0.3 is 10.6 Å². The highest BCUT2D eigenvalue weighted by Crippen LogP contribution is 1.98. The minimum atomic E-state index is 0. The fourth-order valence-electron chi connectivity index (χ4n) is 0.577. The van der Waals surface area contributed by atoms with Crippen molar-refractivity contribution in [1.82, 2.24) is 0 Å². The molecule has 0 fully saturated rings. The van der Waals surface area contributed by atoms with Crippen molar-refractivity contribution in [2.24, 2.45) is 0 Å². The Morgan fingerprint density at radius 3 is 2.00 bits per heavy atom. The third kappa shape index (κ3) is 11.7. The van der Waals surface area contributed by atoms with E-state index in [9.17, 15) is 0 Å². The van der Waals surface area contributed by atoms with Crippen LogP contribution in [0.4, 0.5) is 0 Å². The van der Waals surface area contributed by atoms with Gasteiger partial charge in [0.05, 0.1) is 0 Å². The lowest BCUT2D eigenvalue weighted by atomic mass is 10.2. The van der Waals surface area contributed by atoms with Gasteiger partial charge >= 0.3 is 0 Å². The van der Waals surface area contributed by atoms with Gasteiger partial charge in [-0.2, -0.15) is 12.6 Å². The van der Waals surface area contributed by atoms with Gasteiger partial charge in [0.2, 0.25) is 0 Å². The zero-order chi connectivity index (χ0) is 6.24. The van der Waals surface area contributed by atoms with E-state index in [1.54, 1.807) is 0 Å². The van der Waals surface area contributed by atoms with Gasteiger partial charge in [0.25, 0.3) is 0 Å². The van der Waals surface area contributed by atoms with Gasteiger partial charge in [-0.1, -0.05) is 12.8 Å². The van der Waals surface area contributed by atoms with E-state index >= 15 is 0 Å². The predicted octanol–water partition coefficient (Wildman–Crippen LogP) is 0.644. The molecule has 0 spiro atoms. The Labute approximate surface area is 62.0 Å². The third-order valence-electron chi connectivity index (χ3n) is 1.07. The summed E-state index contributed by atoms with van der Waals surface area (Å²) >= 11 is 4.06. The molecule has 0 amide bonds. The van der Waals surface area contributed by atoms with Crippen LogP contribution in [0.2, 0.25) is 0 Å². The molecule has 0 bridgehead atoms. The molecule has 3 N–H and O–H groups in total. The van der Waals surface area contributed by atoms with Crippen LogP contribution in [0, 0.1) is 0 Å². The van der Waals surface area contributed by atoms with Crippen molar-refractivity contribution in [3.63, 3.8) is 0 Å². The van der Waals surface area contributed by atoms with Crippen molar-refractivity contribution in [2.75, 3.05) is 12.4 Å². The maximum Gasteiger partial charge on any atom is 0.0431 e. The molecule has 0 saturated carbocycles. The van der Waals surface area contributed by atoms with E-state index in [1.165, 1.54) is 12.8 Å². The number of thiol groups is 1. The first kappa shape index (κ1) is 12.0. The first-order valence-electron chi connectivity index (χ1n) is 3.13. The predicted molar refractivity (Wildman–Crippen MR) is 43.0 cm³/mol. The Balaban J connectivity index is 0. The summed E-state index contributed by atoms with van der Waals surface area (Å²) < 4.78 is 0. The largest absolute Gasteiger partial charge is 0.412 e. The Hall–Kier alpha value is 0.270. The molecule has 2 nitrogen and oxygen atoms in total. The van der Waals surface area contributed by atoms with Gasteiger partial charge in [-0.05, 0) is 18.6 Å². The first-order valence-corrected chi connectivity index (χ1v) is 3.76. The van der Waals surface area contributed by atoms with Crippen molar-refractivity contribution in [1.29, 1.82) is 0 Å². The molecule has 0 aromatic rings. The second-order valence-electron chi connectivity index (χ2n) is 1.86. The Morgan fingerprint density at radius 1 is 1.00 bits per heavy atom. The van der Waals surface area contributed by atoms with Crippen LogP contribution in [0.15, 0.2) is 0 Å². The smallest absolute Gasteiger partial charge is 0.0431 e. The van der Waals surface area contributed by atoms with Crippen molar-refractivity contribution >= 4 is 12.6 Å². The number of hydrogen-bond donors (Lipinski definition) is 2. The number of aliphatic hydroxyl groups excluding tert-OH is 1. The molecular formula is C6H16O2S. The topological polar surface area (TPSA) is 51.7 Å². The van der Waals surface area contributed by atoms with Crippen LogP contribution in [-0.2, 0) is 0 Å². The van der Waals surface area contributed by atoms with Gasteiger partial charge in [0.1, 0.15) is 0 Å². The Bertz CT molecular complexity index is 36.0. The molecule has 0 saturated heterocycles. The standard InChI is InChI=1S/C6H14OS.H2O/c7-5-3-1-2-4-6-8;/h7-8H,1-6H2;1H2. The van der Waals surface area contributed by atoms with E-state index in [1.807, 2.05) is 0 Å². The van der Waals surface area contributed by atoms with Gasteiger partial charge in [-0.15, -0.1) is 0 Å². The highest BCUT2D eigenvalue weighted by atomic mass is 32.1. The Morgan fingerprint density at radius 2 is 1.56 bits per heavy atom.